The number of amides is 2. The largest absolute Gasteiger partial charge is 0.486 e. The summed E-state index contributed by atoms with van der Waals surface area (Å²) in [5.41, 5.74) is 1.73. The van der Waals surface area contributed by atoms with E-state index in [1.807, 2.05) is 35.7 Å². The second-order valence-electron chi connectivity index (χ2n) is 6.31. The van der Waals surface area contributed by atoms with Crippen LogP contribution in [0.25, 0.3) is 0 Å². The number of halogens is 1. The fourth-order valence-electron chi connectivity index (χ4n) is 2.99. The zero-order valence-corrected chi connectivity index (χ0v) is 15.8. The second kappa shape index (κ2) is 8.31. The lowest BCUT2D eigenvalue weighted by Crippen LogP contribution is -2.37. The molecule has 2 amide bonds. The quantitative estimate of drug-likeness (QED) is 0.676. The number of hydrogen-bond acceptors (Lipinski definition) is 4. The maximum Gasteiger partial charge on any atom is 0.315 e. The molecule has 0 aliphatic carbocycles. The summed E-state index contributed by atoms with van der Waals surface area (Å²) in [5, 5.41) is 7.78. The maximum atomic E-state index is 13.3. The number of rotatable bonds is 5. The molecule has 3 aromatic rings. The van der Waals surface area contributed by atoms with E-state index in [9.17, 15) is 9.18 Å². The molecule has 28 heavy (non-hydrogen) atoms. The van der Waals surface area contributed by atoms with Crippen molar-refractivity contribution in [3.05, 3.63) is 81.8 Å². The summed E-state index contributed by atoms with van der Waals surface area (Å²) in [6.07, 6.45) is 0. The molecule has 1 aliphatic heterocycles. The summed E-state index contributed by atoms with van der Waals surface area (Å²) in [7, 11) is 0. The Morgan fingerprint density at radius 1 is 1.07 bits per heavy atom. The van der Waals surface area contributed by atoms with Crippen LogP contribution >= 0.6 is 11.3 Å². The normalized spacial score (nSPS) is 13.6. The lowest BCUT2D eigenvalue weighted by atomic mass is 10.1. The molecule has 1 atom stereocenters. The highest BCUT2D eigenvalue weighted by molar-refractivity contribution is 7.10. The molecule has 1 aliphatic rings. The predicted molar refractivity (Wildman–Crippen MR) is 105 cm³/mol. The molecule has 1 unspecified atom stereocenters. The van der Waals surface area contributed by atoms with Crippen LogP contribution in [0.4, 0.5) is 9.18 Å². The number of hydrogen-bond donors (Lipinski definition) is 2. The minimum absolute atomic E-state index is 0.308. The molecule has 1 aromatic heterocycles. The van der Waals surface area contributed by atoms with Gasteiger partial charge in [0.25, 0.3) is 0 Å². The van der Waals surface area contributed by atoms with Gasteiger partial charge in [-0.25, -0.2) is 9.18 Å². The Morgan fingerprint density at radius 3 is 2.61 bits per heavy atom. The highest BCUT2D eigenvalue weighted by Gasteiger charge is 2.18. The first-order valence-corrected chi connectivity index (χ1v) is 9.79. The molecule has 4 rings (SSSR count). The number of carbonyl (C=O) groups is 1. The Hall–Kier alpha value is -3.06. The molecule has 2 N–H and O–H groups in total. The summed E-state index contributed by atoms with van der Waals surface area (Å²) in [6, 6.07) is 15.0. The summed E-state index contributed by atoms with van der Waals surface area (Å²) in [6.45, 7) is 1.41. The summed E-state index contributed by atoms with van der Waals surface area (Å²) in [4.78, 5) is 13.5. The van der Waals surface area contributed by atoms with Gasteiger partial charge in [-0.2, -0.15) is 0 Å². The zero-order valence-electron chi connectivity index (χ0n) is 15.0. The van der Waals surface area contributed by atoms with E-state index in [0.29, 0.717) is 31.3 Å². The van der Waals surface area contributed by atoms with Crippen molar-refractivity contribution >= 4 is 17.4 Å². The second-order valence-corrected chi connectivity index (χ2v) is 7.28. The Bertz CT molecular complexity index is 945. The third-order valence-electron chi connectivity index (χ3n) is 4.37. The standard InChI is InChI=1S/C21H19FN2O3S/c22-16-6-4-15(5-7-16)20(19-2-1-11-28-19)24-21(25)23-13-14-3-8-17-18(12-14)27-10-9-26-17/h1-8,11-12,20H,9-10,13H2,(H2,23,24,25). The maximum absolute atomic E-state index is 13.3. The van der Waals surface area contributed by atoms with Gasteiger partial charge in [0, 0.05) is 11.4 Å². The first kappa shape index (κ1) is 18.3. The number of fused-ring (bicyclic) bond motifs is 1. The molecule has 0 saturated carbocycles. The van der Waals surface area contributed by atoms with Crippen molar-refractivity contribution in [3.63, 3.8) is 0 Å². The fraction of sp³-hybridized carbons (Fsp3) is 0.190. The van der Waals surface area contributed by atoms with Crippen LogP contribution in [-0.2, 0) is 6.54 Å². The summed E-state index contributed by atoms with van der Waals surface area (Å²) < 4.78 is 24.3. The lowest BCUT2D eigenvalue weighted by molar-refractivity contribution is 0.171. The van der Waals surface area contributed by atoms with Crippen molar-refractivity contribution in [2.45, 2.75) is 12.6 Å². The van der Waals surface area contributed by atoms with E-state index < -0.39 is 0 Å². The van der Waals surface area contributed by atoms with E-state index in [-0.39, 0.29) is 17.9 Å². The van der Waals surface area contributed by atoms with Crippen molar-refractivity contribution in [1.82, 2.24) is 10.6 Å². The minimum Gasteiger partial charge on any atom is -0.486 e. The lowest BCUT2D eigenvalue weighted by Gasteiger charge is -2.20. The Morgan fingerprint density at radius 2 is 1.86 bits per heavy atom. The summed E-state index contributed by atoms with van der Waals surface area (Å²) >= 11 is 1.54. The highest BCUT2D eigenvalue weighted by atomic mass is 32.1. The van der Waals surface area contributed by atoms with Crippen molar-refractivity contribution in [2.24, 2.45) is 0 Å². The molecule has 144 valence electrons. The van der Waals surface area contributed by atoms with E-state index in [1.54, 1.807) is 12.1 Å². The molecule has 0 saturated heterocycles. The van der Waals surface area contributed by atoms with Gasteiger partial charge in [0.05, 0.1) is 6.04 Å². The van der Waals surface area contributed by atoms with E-state index in [1.165, 1.54) is 23.5 Å². The third-order valence-corrected chi connectivity index (χ3v) is 5.30. The molecule has 7 heteroatoms. The fourth-order valence-corrected chi connectivity index (χ4v) is 3.79. The molecule has 0 spiro atoms. The van der Waals surface area contributed by atoms with Gasteiger partial charge in [-0.1, -0.05) is 24.3 Å². The van der Waals surface area contributed by atoms with Crippen molar-refractivity contribution in [1.29, 1.82) is 0 Å². The number of benzene rings is 2. The molecule has 5 nitrogen and oxygen atoms in total. The molecule has 2 aromatic carbocycles. The van der Waals surface area contributed by atoms with Crippen LogP contribution in [0.3, 0.4) is 0 Å². The van der Waals surface area contributed by atoms with E-state index in [2.05, 4.69) is 10.6 Å². The number of thiophene rings is 1. The highest BCUT2D eigenvalue weighted by Crippen LogP contribution is 2.30. The van der Waals surface area contributed by atoms with Gasteiger partial charge >= 0.3 is 6.03 Å². The monoisotopic (exact) mass is 398 g/mol. The molecule has 0 radical (unpaired) electrons. The number of urea groups is 1. The topological polar surface area (TPSA) is 59.6 Å². The Labute approximate surface area is 166 Å². The van der Waals surface area contributed by atoms with Crippen LogP contribution in [0.5, 0.6) is 11.5 Å². The molecule has 0 bridgehead atoms. The number of carbonyl (C=O) groups excluding carboxylic acids is 1. The van der Waals surface area contributed by atoms with E-state index >= 15 is 0 Å². The molecule has 0 fully saturated rings. The SMILES string of the molecule is O=C(NCc1ccc2c(c1)OCCO2)NC(c1ccc(F)cc1)c1cccs1. The van der Waals surface area contributed by atoms with Gasteiger partial charge in [0.2, 0.25) is 0 Å². The minimum atomic E-state index is -0.346. The van der Waals surface area contributed by atoms with Crippen molar-refractivity contribution in [2.75, 3.05) is 13.2 Å². The Kier molecular flexibility index (Phi) is 5.43. The average Bonchev–Trinajstić information content (AvgIpc) is 3.26. The van der Waals surface area contributed by atoms with Gasteiger partial charge in [-0.3, -0.25) is 0 Å². The zero-order chi connectivity index (χ0) is 19.3. The van der Waals surface area contributed by atoms with E-state index in [4.69, 9.17) is 9.47 Å². The van der Waals surface area contributed by atoms with Crippen LogP contribution in [0.1, 0.15) is 22.0 Å². The van der Waals surface area contributed by atoms with Crippen LogP contribution in [0.15, 0.2) is 60.0 Å². The molecular formula is C21H19FN2O3S. The van der Waals surface area contributed by atoms with Crippen LogP contribution < -0.4 is 20.1 Å². The van der Waals surface area contributed by atoms with E-state index in [0.717, 1.165) is 16.0 Å². The summed E-state index contributed by atoms with van der Waals surface area (Å²) in [5.74, 6) is 1.10. The van der Waals surface area contributed by atoms with Crippen LogP contribution in [0, 0.1) is 5.82 Å². The van der Waals surface area contributed by atoms with Gasteiger partial charge in [-0.05, 0) is 46.8 Å². The average molecular weight is 398 g/mol. The van der Waals surface area contributed by atoms with Gasteiger partial charge in [0.15, 0.2) is 11.5 Å². The smallest absolute Gasteiger partial charge is 0.315 e. The van der Waals surface area contributed by atoms with Gasteiger partial charge in [0.1, 0.15) is 19.0 Å². The van der Waals surface area contributed by atoms with Crippen LogP contribution in [0.2, 0.25) is 0 Å². The molecule has 2 heterocycles. The Balaban J connectivity index is 1.42. The predicted octanol–water partition coefficient (Wildman–Crippen LogP) is 4.25. The van der Waals surface area contributed by atoms with Gasteiger partial charge in [-0.15, -0.1) is 11.3 Å². The first-order valence-electron chi connectivity index (χ1n) is 8.91. The first-order chi connectivity index (χ1) is 13.7. The molecular weight excluding hydrogens is 379 g/mol. The third kappa shape index (κ3) is 4.26. The number of nitrogens with one attached hydrogen (secondary N) is 2. The van der Waals surface area contributed by atoms with Crippen molar-refractivity contribution in [3.8, 4) is 11.5 Å². The number of ether oxygens (including phenoxy) is 2. The van der Waals surface area contributed by atoms with Gasteiger partial charge < -0.3 is 20.1 Å². The van der Waals surface area contributed by atoms with Crippen molar-refractivity contribution < 1.29 is 18.7 Å². The van der Waals surface area contributed by atoms with Crippen LogP contribution in [-0.4, -0.2) is 19.2 Å².